The lowest BCUT2D eigenvalue weighted by Gasteiger charge is -2.78. The molecule has 6 unspecified atom stereocenters. The molecule has 0 aromatic carbocycles. The zero-order valence-electron chi connectivity index (χ0n) is 22.1. The predicted octanol–water partition coefficient (Wildman–Crippen LogP) is 8.30. The molecular weight excluding hydrogens is 386 g/mol. The van der Waals surface area contributed by atoms with Gasteiger partial charge in [0.2, 0.25) is 0 Å². The van der Waals surface area contributed by atoms with Crippen LogP contribution < -0.4 is 5.73 Å². The van der Waals surface area contributed by atoms with Gasteiger partial charge >= 0.3 is 0 Å². The van der Waals surface area contributed by atoms with Gasteiger partial charge in [0.25, 0.3) is 0 Å². The quantitative estimate of drug-likeness (QED) is 0.339. The smallest absolute Gasteiger partial charge is 0.0118 e. The van der Waals surface area contributed by atoms with Gasteiger partial charge in [0.1, 0.15) is 0 Å². The summed E-state index contributed by atoms with van der Waals surface area (Å²) >= 11 is 0. The molecule has 5 rings (SSSR count). The molecule has 0 heterocycles. The first-order valence-electron chi connectivity index (χ1n) is 13.8. The van der Waals surface area contributed by atoms with E-state index in [0.29, 0.717) is 22.3 Å². The molecule has 0 aromatic heterocycles. The van der Waals surface area contributed by atoms with Crippen molar-refractivity contribution in [3.8, 4) is 12.8 Å². The van der Waals surface area contributed by atoms with Gasteiger partial charge in [-0.2, -0.15) is 0 Å². The van der Waals surface area contributed by atoms with Gasteiger partial charge in [-0.3, -0.25) is 0 Å². The first-order valence-corrected chi connectivity index (χ1v) is 13.8. The van der Waals surface area contributed by atoms with Crippen molar-refractivity contribution in [2.45, 2.75) is 118 Å². The van der Waals surface area contributed by atoms with Crippen LogP contribution in [0.4, 0.5) is 0 Å². The molecule has 5 aliphatic carbocycles. The molecule has 180 valence electrons. The Bertz CT molecular complexity index is 756. The van der Waals surface area contributed by atoms with Gasteiger partial charge in [-0.25, -0.2) is 0 Å². The molecule has 2 N–H and O–H groups in total. The van der Waals surface area contributed by atoms with Crippen LogP contribution in [0.1, 0.15) is 112 Å². The summed E-state index contributed by atoms with van der Waals surface area (Å²) in [6.07, 6.45) is 23.3. The maximum Gasteiger partial charge on any atom is 0.0118 e. The minimum atomic E-state index is 0.398. The number of hydrogen-bond acceptors (Lipinski definition) is 1. The highest BCUT2D eigenvalue weighted by Gasteiger charge is 2.77. The molecule has 0 aromatic rings. The Kier molecular flexibility index (Phi) is 7.47. The third kappa shape index (κ3) is 3.30. The molecule has 0 bridgehead atoms. The summed E-state index contributed by atoms with van der Waals surface area (Å²) in [6, 6.07) is 0.398. The first kappa shape index (κ1) is 25.6. The minimum absolute atomic E-state index is 0.398. The summed E-state index contributed by atoms with van der Waals surface area (Å²) in [4.78, 5) is 0. The topological polar surface area (TPSA) is 26.0 Å². The fourth-order valence-electron chi connectivity index (χ4n) is 9.23. The van der Waals surface area contributed by atoms with E-state index in [2.05, 4.69) is 47.1 Å². The van der Waals surface area contributed by atoms with Crippen LogP contribution in [-0.2, 0) is 0 Å². The predicted molar refractivity (Wildman–Crippen MR) is 140 cm³/mol. The van der Waals surface area contributed by atoms with Crippen LogP contribution in [0.2, 0.25) is 0 Å². The van der Waals surface area contributed by atoms with E-state index >= 15 is 0 Å². The average molecular weight is 438 g/mol. The number of terminal acetylenes is 1. The van der Waals surface area contributed by atoms with Crippen molar-refractivity contribution in [2.75, 3.05) is 0 Å². The Morgan fingerprint density at radius 3 is 2.38 bits per heavy atom. The second-order valence-electron chi connectivity index (χ2n) is 12.2. The van der Waals surface area contributed by atoms with E-state index in [4.69, 9.17) is 5.73 Å². The van der Waals surface area contributed by atoms with Crippen LogP contribution in [0.5, 0.6) is 0 Å². The van der Waals surface area contributed by atoms with Crippen LogP contribution in [0.15, 0.2) is 23.3 Å². The lowest BCUT2D eigenvalue weighted by Crippen LogP contribution is -2.70. The molecule has 4 saturated carbocycles. The SMILES string of the molecule is C#C.C=C1C2=C3CC(N)CCC3(C)[C@]23CCC2(C)C(CCCCC(C)C)CCC2C13.CC. The van der Waals surface area contributed by atoms with Crippen molar-refractivity contribution in [3.05, 3.63) is 23.3 Å². The Balaban J connectivity index is 0.000000686. The van der Waals surface area contributed by atoms with E-state index in [1.54, 1.807) is 16.7 Å². The van der Waals surface area contributed by atoms with E-state index in [1.807, 2.05) is 13.8 Å². The van der Waals surface area contributed by atoms with Crippen molar-refractivity contribution in [1.82, 2.24) is 0 Å². The van der Waals surface area contributed by atoms with Crippen molar-refractivity contribution in [1.29, 1.82) is 0 Å². The van der Waals surface area contributed by atoms with Gasteiger partial charge in [-0.15, -0.1) is 12.8 Å². The summed E-state index contributed by atoms with van der Waals surface area (Å²) in [7, 11) is 0. The minimum Gasteiger partial charge on any atom is -0.327 e. The molecule has 4 fully saturated rings. The van der Waals surface area contributed by atoms with Gasteiger partial charge in [0, 0.05) is 11.5 Å². The molecule has 0 amide bonds. The number of rotatable bonds is 5. The van der Waals surface area contributed by atoms with Crippen LogP contribution >= 0.6 is 0 Å². The van der Waals surface area contributed by atoms with E-state index in [0.717, 1.165) is 30.1 Å². The van der Waals surface area contributed by atoms with Crippen LogP contribution in [0.25, 0.3) is 0 Å². The third-order valence-corrected chi connectivity index (χ3v) is 10.8. The molecule has 0 radical (unpaired) electrons. The number of fused-ring (bicyclic) bond motifs is 3. The van der Waals surface area contributed by atoms with E-state index in [9.17, 15) is 0 Å². The second kappa shape index (κ2) is 9.33. The normalized spacial score (nSPS) is 43.2. The maximum atomic E-state index is 6.36. The largest absolute Gasteiger partial charge is 0.327 e. The average Bonchev–Trinajstić information content (AvgIpc) is 3.10. The van der Waals surface area contributed by atoms with Crippen molar-refractivity contribution in [2.24, 2.45) is 45.7 Å². The summed E-state index contributed by atoms with van der Waals surface area (Å²) in [5, 5.41) is 0. The lowest BCUT2D eigenvalue weighted by molar-refractivity contribution is -0.131. The van der Waals surface area contributed by atoms with Gasteiger partial charge in [0.05, 0.1) is 0 Å². The Morgan fingerprint density at radius 2 is 1.72 bits per heavy atom. The van der Waals surface area contributed by atoms with Gasteiger partial charge in [-0.1, -0.05) is 73.0 Å². The Hall–Kier alpha value is -1.00. The van der Waals surface area contributed by atoms with Crippen molar-refractivity contribution in [3.63, 3.8) is 0 Å². The van der Waals surface area contributed by atoms with Crippen LogP contribution in [0.3, 0.4) is 0 Å². The van der Waals surface area contributed by atoms with E-state index < -0.39 is 0 Å². The highest BCUT2D eigenvalue weighted by molar-refractivity contribution is 5.66. The zero-order valence-corrected chi connectivity index (χ0v) is 22.1. The first-order chi connectivity index (χ1) is 15.3. The highest BCUT2D eigenvalue weighted by atomic mass is 14.8. The number of hydrogen-bond donors (Lipinski definition) is 1. The molecule has 0 aliphatic heterocycles. The molecule has 1 heteroatoms. The third-order valence-electron chi connectivity index (χ3n) is 10.8. The fourth-order valence-corrected chi connectivity index (χ4v) is 9.23. The molecule has 1 spiro atoms. The van der Waals surface area contributed by atoms with Gasteiger partial charge in [-0.05, 0) is 97.0 Å². The Morgan fingerprint density at radius 1 is 1.03 bits per heavy atom. The molecular formula is C31H51N. The van der Waals surface area contributed by atoms with E-state index in [1.165, 1.54) is 64.2 Å². The zero-order chi connectivity index (χ0) is 23.9. The van der Waals surface area contributed by atoms with Gasteiger partial charge < -0.3 is 5.73 Å². The van der Waals surface area contributed by atoms with Crippen LogP contribution in [-0.4, -0.2) is 6.04 Å². The molecule has 0 saturated heterocycles. The summed E-state index contributed by atoms with van der Waals surface area (Å²) in [5.41, 5.74) is 12.9. The van der Waals surface area contributed by atoms with Gasteiger partial charge in [0.15, 0.2) is 0 Å². The Labute approximate surface area is 200 Å². The monoisotopic (exact) mass is 437 g/mol. The molecule has 7 atom stereocenters. The second-order valence-corrected chi connectivity index (χ2v) is 12.2. The fraction of sp³-hybridized carbons (Fsp3) is 0.806. The number of nitrogens with two attached hydrogens (primary N) is 1. The summed E-state index contributed by atoms with van der Waals surface area (Å²) in [5.74, 6) is 3.53. The molecule has 5 aliphatic rings. The summed E-state index contributed by atoms with van der Waals surface area (Å²) < 4.78 is 0. The standard InChI is InChI=1S/C27H43N.C2H6.C2H2/c1-17(2)8-6-7-9-19-10-11-21-23-18(3)24-22-16-20(28)12-13-26(22,5)27(23,24)15-14-25(19,21)4;2*1-2/h17,19-21,23H,3,6-16,28H2,1-2,4-5H3;1-2H3;1-2H/t19?,20?,21?,23?,25?,26?,27-;;/m0../s1. The lowest BCUT2D eigenvalue weighted by atomic mass is 9.26. The number of allylic oxidation sites excluding steroid dienone is 2. The van der Waals surface area contributed by atoms with Crippen molar-refractivity contribution < 1.29 is 0 Å². The highest BCUT2D eigenvalue weighted by Crippen LogP contribution is 2.85. The molecule has 1 nitrogen and oxygen atoms in total. The van der Waals surface area contributed by atoms with Crippen molar-refractivity contribution >= 4 is 0 Å². The maximum absolute atomic E-state index is 6.36. The number of unbranched alkanes of at least 4 members (excludes halogenated alkanes) is 1. The molecule has 32 heavy (non-hydrogen) atoms. The van der Waals surface area contributed by atoms with E-state index in [-0.39, 0.29) is 0 Å². The summed E-state index contributed by atoms with van der Waals surface area (Å²) in [6.45, 7) is 18.7. The van der Waals surface area contributed by atoms with Crippen LogP contribution in [0, 0.1) is 52.8 Å².